The van der Waals surface area contributed by atoms with Gasteiger partial charge < -0.3 is 0 Å². The van der Waals surface area contributed by atoms with Crippen LogP contribution in [0.3, 0.4) is 0 Å². The highest BCUT2D eigenvalue weighted by Gasteiger charge is 2.18. The van der Waals surface area contributed by atoms with Crippen LogP contribution in [-0.4, -0.2) is 13.4 Å². The van der Waals surface area contributed by atoms with Crippen LogP contribution in [0.2, 0.25) is 5.15 Å². The van der Waals surface area contributed by atoms with E-state index in [1.807, 2.05) is 6.07 Å². The second-order valence-electron chi connectivity index (χ2n) is 5.22. The van der Waals surface area contributed by atoms with E-state index >= 15 is 0 Å². The Morgan fingerprint density at radius 3 is 2.71 bits per heavy atom. The minimum Gasteiger partial charge on any atom is -0.278 e. The minimum absolute atomic E-state index is 0.288. The van der Waals surface area contributed by atoms with Gasteiger partial charge in [0.05, 0.1) is 16.8 Å². The molecule has 1 aromatic carbocycles. The summed E-state index contributed by atoms with van der Waals surface area (Å²) >= 11 is 5.84. The zero-order chi connectivity index (χ0) is 15.0. The second-order valence-corrected chi connectivity index (χ2v) is 7.26. The van der Waals surface area contributed by atoms with Crippen LogP contribution in [0, 0.1) is 6.92 Å². The van der Waals surface area contributed by atoms with Crippen LogP contribution in [0.1, 0.15) is 23.1 Å². The van der Waals surface area contributed by atoms with E-state index in [1.54, 1.807) is 25.1 Å². The van der Waals surface area contributed by atoms with Crippen molar-refractivity contribution in [1.29, 1.82) is 0 Å². The average Bonchev–Trinajstić information content (AvgIpc) is 2.90. The average molecular weight is 323 g/mol. The lowest BCUT2D eigenvalue weighted by Gasteiger charge is -2.10. The molecule has 6 heteroatoms. The van der Waals surface area contributed by atoms with Crippen LogP contribution < -0.4 is 4.72 Å². The number of hydrogen-bond acceptors (Lipinski definition) is 3. The molecular weight excluding hydrogens is 308 g/mol. The standard InChI is InChI=1S/C15H15ClN2O2S/c1-10-7-13(9-17-15(10)16)18-21(19,20)14-6-5-11-3-2-4-12(11)8-14/h5-9,18H,2-4H2,1H3. The molecule has 1 heterocycles. The van der Waals surface area contributed by atoms with E-state index in [0.717, 1.165) is 30.4 Å². The first-order chi connectivity index (χ1) is 9.95. The van der Waals surface area contributed by atoms with Crippen LogP contribution >= 0.6 is 11.6 Å². The molecule has 3 rings (SSSR count). The van der Waals surface area contributed by atoms with Gasteiger partial charge in [0.25, 0.3) is 10.0 Å². The Labute approximate surface area is 129 Å². The van der Waals surface area contributed by atoms with Crippen molar-refractivity contribution in [3.8, 4) is 0 Å². The molecule has 4 nitrogen and oxygen atoms in total. The van der Waals surface area contributed by atoms with E-state index < -0.39 is 10.0 Å². The topological polar surface area (TPSA) is 59.1 Å². The van der Waals surface area contributed by atoms with Crippen molar-refractivity contribution >= 4 is 27.3 Å². The Hall–Kier alpha value is -1.59. The Balaban J connectivity index is 1.91. The van der Waals surface area contributed by atoms with Crippen LogP contribution in [0.4, 0.5) is 5.69 Å². The van der Waals surface area contributed by atoms with Crippen molar-refractivity contribution in [2.45, 2.75) is 31.1 Å². The normalized spacial score (nSPS) is 14.0. The number of hydrogen-bond donors (Lipinski definition) is 1. The molecule has 0 amide bonds. The van der Waals surface area contributed by atoms with Crippen LogP contribution in [-0.2, 0) is 22.9 Å². The van der Waals surface area contributed by atoms with Crippen molar-refractivity contribution < 1.29 is 8.42 Å². The minimum atomic E-state index is -3.60. The zero-order valence-electron chi connectivity index (χ0n) is 11.6. The van der Waals surface area contributed by atoms with Gasteiger partial charge in [0, 0.05) is 0 Å². The fraction of sp³-hybridized carbons (Fsp3) is 0.267. The Bertz CT molecular complexity index is 803. The van der Waals surface area contributed by atoms with Gasteiger partial charge in [0.2, 0.25) is 0 Å². The molecule has 2 aromatic rings. The van der Waals surface area contributed by atoms with Gasteiger partial charge in [-0.25, -0.2) is 13.4 Å². The molecule has 1 aliphatic rings. The summed E-state index contributed by atoms with van der Waals surface area (Å²) in [5.74, 6) is 0. The van der Waals surface area contributed by atoms with E-state index in [1.165, 1.54) is 11.8 Å². The molecule has 0 aliphatic heterocycles. The molecule has 0 saturated carbocycles. The molecule has 1 N–H and O–H groups in total. The van der Waals surface area contributed by atoms with Crippen LogP contribution in [0.25, 0.3) is 0 Å². The first-order valence-corrected chi connectivity index (χ1v) is 8.58. The predicted octanol–water partition coefficient (Wildman–Crippen LogP) is 3.33. The number of nitrogens with zero attached hydrogens (tertiary/aromatic N) is 1. The third-order valence-electron chi connectivity index (χ3n) is 3.65. The second kappa shape index (κ2) is 5.31. The van der Waals surface area contributed by atoms with E-state index in [0.29, 0.717) is 10.8 Å². The number of pyridine rings is 1. The van der Waals surface area contributed by atoms with E-state index in [2.05, 4.69) is 9.71 Å². The Morgan fingerprint density at radius 1 is 1.19 bits per heavy atom. The molecule has 1 aromatic heterocycles. The largest absolute Gasteiger partial charge is 0.278 e. The number of anilines is 1. The van der Waals surface area contributed by atoms with Gasteiger partial charge in [-0.15, -0.1) is 0 Å². The summed E-state index contributed by atoms with van der Waals surface area (Å²) in [5, 5.41) is 0.371. The fourth-order valence-electron chi connectivity index (χ4n) is 2.54. The van der Waals surface area contributed by atoms with E-state index in [9.17, 15) is 8.42 Å². The quantitative estimate of drug-likeness (QED) is 0.882. The zero-order valence-corrected chi connectivity index (χ0v) is 13.1. The highest BCUT2D eigenvalue weighted by atomic mass is 35.5. The van der Waals surface area contributed by atoms with Crippen molar-refractivity contribution in [2.75, 3.05) is 4.72 Å². The summed E-state index contributed by atoms with van der Waals surface area (Å²) in [6.07, 6.45) is 4.48. The maximum atomic E-state index is 12.4. The molecule has 0 fully saturated rings. The first kappa shape index (κ1) is 14.4. The Kier molecular flexibility index (Phi) is 3.63. The van der Waals surface area contributed by atoms with Crippen LogP contribution in [0.15, 0.2) is 35.4 Å². The molecule has 0 spiro atoms. The summed E-state index contributed by atoms with van der Waals surface area (Å²) in [6.45, 7) is 1.78. The smallest absolute Gasteiger partial charge is 0.261 e. The van der Waals surface area contributed by atoms with Gasteiger partial charge >= 0.3 is 0 Å². The van der Waals surface area contributed by atoms with E-state index in [-0.39, 0.29) is 4.90 Å². The van der Waals surface area contributed by atoms with Crippen molar-refractivity contribution in [3.63, 3.8) is 0 Å². The highest BCUT2D eigenvalue weighted by Crippen LogP contribution is 2.26. The summed E-state index contributed by atoms with van der Waals surface area (Å²) in [7, 11) is -3.60. The van der Waals surface area contributed by atoms with Gasteiger partial charge in [-0.05, 0) is 61.1 Å². The van der Waals surface area contributed by atoms with Crippen molar-refractivity contribution in [2.24, 2.45) is 0 Å². The third kappa shape index (κ3) is 2.89. The molecule has 0 radical (unpaired) electrons. The lowest BCUT2D eigenvalue weighted by atomic mass is 10.1. The maximum Gasteiger partial charge on any atom is 0.261 e. The number of benzene rings is 1. The van der Waals surface area contributed by atoms with Gasteiger partial charge in [0.15, 0.2) is 0 Å². The number of halogens is 1. The molecule has 110 valence electrons. The summed E-state index contributed by atoms with van der Waals surface area (Å²) < 4.78 is 27.4. The molecule has 21 heavy (non-hydrogen) atoms. The van der Waals surface area contributed by atoms with Gasteiger partial charge in [-0.3, -0.25) is 4.72 Å². The molecule has 0 unspecified atom stereocenters. The maximum absolute atomic E-state index is 12.4. The first-order valence-electron chi connectivity index (χ1n) is 6.72. The number of rotatable bonds is 3. The van der Waals surface area contributed by atoms with E-state index in [4.69, 9.17) is 11.6 Å². The number of aromatic nitrogens is 1. The molecule has 0 bridgehead atoms. The molecular formula is C15H15ClN2O2S. The molecule has 0 saturated heterocycles. The summed E-state index contributed by atoms with van der Waals surface area (Å²) in [6, 6.07) is 6.99. The number of aryl methyl sites for hydroxylation is 3. The lowest BCUT2D eigenvalue weighted by molar-refractivity contribution is 0.601. The molecule has 0 atom stereocenters. The lowest BCUT2D eigenvalue weighted by Crippen LogP contribution is -2.13. The van der Waals surface area contributed by atoms with Crippen LogP contribution in [0.5, 0.6) is 0 Å². The molecule has 1 aliphatic carbocycles. The SMILES string of the molecule is Cc1cc(NS(=O)(=O)c2ccc3c(c2)CCC3)cnc1Cl. The third-order valence-corrected chi connectivity index (χ3v) is 5.42. The highest BCUT2D eigenvalue weighted by molar-refractivity contribution is 7.92. The monoisotopic (exact) mass is 322 g/mol. The Morgan fingerprint density at radius 2 is 1.95 bits per heavy atom. The fourth-order valence-corrected chi connectivity index (χ4v) is 3.73. The van der Waals surface area contributed by atoms with Crippen molar-refractivity contribution in [3.05, 3.63) is 52.3 Å². The van der Waals surface area contributed by atoms with Crippen molar-refractivity contribution in [1.82, 2.24) is 4.98 Å². The van der Waals surface area contributed by atoms with Gasteiger partial charge in [-0.1, -0.05) is 17.7 Å². The summed E-state index contributed by atoms with van der Waals surface area (Å²) in [4.78, 5) is 4.24. The van der Waals surface area contributed by atoms with Gasteiger partial charge in [-0.2, -0.15) is 0 Å². The van der Waals surface area contributed by atoms with Gasteiger partial charge in [0.1, 0.15) is 5.15 Å². The predicted molar refractivity (Wildman–Crippen MR) is 83.3 cm³/mol. The number of nitrogens with one attached hydrogen (secondary N) is 1. The number of fused-ring (bicyclic) bond motifs is 1. The summed E-state index contributed by atoms with van der Waals surface area (Å²) in [5.41, 5.74) is 3.52. The number of sulfonamides is 1.